The molecule has 2 aliphatic rings. The van der Waals surface area contributed by atoms with Crippen LogP contribution in [0.2, 0.25) is 0 Å². The van der Waals surface area contributed by atoms with Crippen molar-refractivity contribution in [2.24, 2.45) is 10.9 Å². The average molecular weight is 338 g/mol. The van der Waals surface area contributed by atoms with E-state index < -0.39 is 0 Å². The molecule has 6 heteroatoms. The third-order valence-electron chi connectivity index (χ3n) is 4.83. The Hall–Kier alpha value is -1.30. The Kier molecular flexibility index (Phi) is 8.36. The van der Waals surface area contributed by atoms with Gasteiger partial charge in [-0.1, -0.05) is 6.92 Å². The molecule has 138 valence electrons. The lowest BCUT2D eigenvalue weighted by Crippen LogP contribution is -2.39. The predicted octanol–water partition coefficient (Wildman–Crippen LogP) is 1.29. The first-order valence-corrected chi connectivity index (χ1v) is 9.75. The first kappa shape index (κ1) is 19.0. The minimum absolute atomic E-state index is 0.313. The Labute approximate surface area is 147 Å². The van der Waals surface area contributed by atoms with Gasteiger partial charge in [-0.05, 0) is 51.6 Å². The Bertz CT molecular complexity index is 412. The average Bonchev–Trinajstić information content (AvgIpc) is 3.18. The van der Waals surface area contributed by atoms with Crippen LogP contribution in [-0.4, -0.2) is 74.0 Å². The van der Waals surface area contributed by atoms with Crippen molar-refractivity contribution in [3.8, 4) is 0 Å². The van der Waals surface area contributed by atoms with E-state index >= 15 is 0 Å². The highest BCUT2D eigenvalue weighted by Crippen LogP contribution is 2.16. The zero-order valence-corrected chi connectivity index (χ0v) is 15.5. The van der Waals surface area contributed by atoms with E-state index in [0.717, 1.165) is 57.9 Å². The number of nitrogens with zero attached hydrogens (tertiary/aromatic N) is 3. The number of nitrogens with one attached hydrogen (secondary N) is 2. The molecule has 6 nitrogen and oxygen atoms in total. The van der Waals surface area contributed by atoms with Crippen molar-refractivity contribution in [1.82, 2.24) is 20.4 Å². The van der Waals surface area contributed by atoms with Crippen LogP contribution in [0.1, 0.15) is 46.0 Å². The molecule has 2 fully saturated rings. The fourth-order valence-corrected chi connectivity index (χ4v) is 3.56. The summed E-state index contributed by atoms with van der Waals surface area (Å²) < 4.78 is 0. The van der Waals surface area contributed by atoms with Crippen molar-refractivity contribution in [2.75, 3.05) is 52.4 Å². The molecule has 1 atom stereocenters. The number of guanidine groups is 1. The van der Waals surface area contributed by atoms with Crippen molar-refractivity contribution >= 4 is 11.9 Å². The minimum Gasteiger partial charge on any atom is -0.357 e. The first-order chi connectivity index (χ1) is 11.7. The predicted molar refractivity (Wildman–Crippen MR) is 99.3 cm³/mol. The van der Waals surface area contributed by atoms with Crippen LogP contribution in [0.3, 0.4) is 0 Å². The molecule has 0 aromatic heterocycles. The molecule has 1 unspecified atom stereocenters. The maximum atomic E-state index is 11.6. The number of rotatable bonds is 9. The smallest absolute Gasteiger partial charge is 0.222 e. The van der Waals surface area contributed by atoms with Gasteiger partial charge in [0.25, 0.3) is 0 Å². The number of likely N-dealkylation sites (tertiary alicyclic amines) is 2. The molecule has 2 aliphatic heterocycles. The lowest BCUT2D eigenvalue weighted by atomic mass is 10.1. The van der Waals surface area contributed by atoms with Gasteiger partial charge in [0.1, 0.15) is 0 Å². The van der Waals surface area contributed by atoms with Crippen molar-refractivity contribution < 1.29 is 4.79 Å². The summed E-state index contributed by atoms with van der Waals surface area (Å²) in [5.41, 5.74) is 0. The minimum atomic E-state index is 0.313. The van der Waals surface area contributed by atoms with E-state index in [2.05, 4.69) is 29.4 Å². The van der Waals surface area contributed by atoms with Gasteiger partial charge in [-0.2, -0.15) is 0 Å². The summed E-state index contributed by atoms with van der Waals surface area (Å²) in [5.74, 6) is 1.92. The van der Waals surface area contributed by atoms with E-state index in [1.165, 1.54) is 32.5 Å². The van der Waals surface area contributed by atoms with Crippen LogP contribution in [0.5, 0.6) is 0 Å². The highest BCUT2D eigenvalue weighted by molar-refractivity contribution is 5.79. The van der Waals surface area contributed by atoms with Crippen molar-refractivity contribution in [3.05, 3.63) is 0 Å². The molecular weight excluding hydrogens is 302 g/mol. The van der Waals surface area contributed by atoms with Crippen LogP contribution in [0.4, 0.5) is 0 Å². The molecule has 24 heavy (non-hydrogen) atoms. The maximum Gasteiger partial charge on any atom is 0.222 e. The van der Waals surface area contributed by atoms with Crippen molar-refractivity contribution in [1.29, 1.82) is 0 Å². The summed E-state index contributed by atoms with van der Waals surface area (Å²) in [6.45, 7) is 12.4. The molecule has 2 heterocycles. The zero-order valence-electron chi connectivity index (χ0n) is 15.5. The molecule has 0 aromatic carbocycles. The van der Waals surface area contributed by atoms with Gasteiger partial charge in [-0.15, -0.1) is 0 Å². The lowest BCUT2D eigenvalue weighted by molar-refractivity contribution is -0.127. The largest absolute Gasteiger partial charge is 0.357 e. The van der Waals surface area contributed by atoms with Crippen LogP contribution in [0, 0.1) is 5.92 Å². The summed E-state index contributed by atoms with van der Waals surface area (Å²) in [6.07, 6.45) is 5.23. The Morgan fingerprint density at radius 2 is 2.12 bits per heavy atom. The molecule has 2 saturated heterocycles. The van der Waals surface area contributed by atoms with Crippen LogP contribution in [0.15, 0.2) is 4.99 Å². The molecule has 0 saturated carbocycles. The highest BCUT2D eigenvalue weighted by Gasteiger charge is 2.21. The van der Waals surface area contributed by atoms with Gasteiger partial charge in [0.2, 0.25) is 5.91 Å². The second-order valence-corrected chi connectivity index (χ2v) is 6.94. The van der Waals surface area contributed by atoms with Gasteiger partial charge >= 0.3 is 0 Å². The molecule has 0 spiro atoms. The van der Waals surface area contributed by atoms with Crippen LogP contribution < -0.4 is 10.6 Å². The second kappa shape index (κ2) is 10.5. The highest BCUT2D eigenvalue weighted by atomic mass is 16.2. The molecule has 0 aliphatic carbocycles. The van der Waals surface area contributed by atoms with E-state index in [4.69, 9.17) is 4.99 Å². The monoisotopic (exact) mass is 337 g/mol. The summed E-state index contributed by atoms with van der Waals surface area (Å²) in [7, 11) is 0. The molecule has 0 radical (unpaired) electrons. The summed E-state index contributed by atoms with van der Waals surface area (Å²) in [6, 6.07) is 0. The number of aliphatic imine (C=N–C) groups is 1. The zero-order chi connectivity index (χ0) is 17.2. The van der Waals surface area contributed by atoms with E-state index in [1.54, 1.807) is 0 Å². The summed E-state index contributed by atoms with van der Waals surface area (Å²) >= 11 is 0. The van der Waals surface area contributed by atoms with E-state index in [1.807, 2.05) is 4.90 Å². The number of carbonyl (C=O) groups excluding carboxylic acids is 1. The van der Waals surface area contributed by atoms with E-state index in [-0.39, 0.29) is 0 Å². The number of amides is 1. The standard InChI is InChI=1S/C18H35N5O/c1-3-10-22-13-8-16(15-22)14-21-18(19-4-2)20-9-6-12-23-11-5-7-17(23)24/h16H,3-15H2,1-2H3,(H2,19,20,21). The number of carbonyl (C=O) groups is 1. The molecule has 2 N–H and O–H groups in total. The maximum absolute atomic E-state index is 11.6. The number of hydrogen-bond acceptors (Lipinski definition) is 3. The Balaban J connectivity index is 1.66. The van der Waals surface area contributed by atoms with Crippen molar-refractivity contribution in [2.45, 2.75) is 46.0 Å². The molecule has 0 aromatic rings. The lowest BCUT2D eigenvalue weighted by Gasteiger charge is -2.17. The second-order valence-electron chi connectivity index (χ2n) is 6.94. The fourth-order valence-electron chi connectivity index (χ4n) is 3.56. The van der Waals surface area contributed by atoms with Gasteiger partial charge in [0.05, 0.1) is 0 Å². The quantitative estimate of drug-likeness (QED) is 0.378. The van der Waals surface area contributed by atoms with Crippen LogP contribution in [-0.2, 0) is 4.79 Å². The van der Waals surface area contributed by atoms with Crippen LogP contribution in [0.25, 0.3) is 0 Å². The fraction of sp³-hybridized carbons (Fsp3) is 0.889. The third-order valence-corrected chi connectivity index (χ3v) is 4.83. The molecule has 2 rings (SSSR count). The summed E-state index contributed by atoms with van der Waals surface area (Å²) in [4.78, 5) is 20.9. The Morgan fingerprint density at radius 3 is 2.83 bits per heavy atom. The summed E-state index contributed by atoms with van der Waals surface area (Å²) in [5, 5.41) is 6.73. The molecular formula is C18H35N5O. The SMILES string of the molecule is CCCN1CCC(CN=C(NCC)NCCCN2CCCC2=O)C1. The first-order valence-electron chi connectivity index (χ1n) is 9.75. The van der Waals surface area contributed by atoms with Gasteiger partial charge < -0.3 is 20.4 Å². The Morgan fingerprint density at radius 1 is 1.25 bits per heavy atom. The topological polar surface area (TPSA) is 60.0 Å². The van der Waals surface area contributed by atoms with Gasteiger partial charge in [-0.25, -0.2) is 0 Å². The van der Waals surface area contributed by atoms with Crippen molar-refractivity contribution in [3.63, 3.8) is 0 Å². The normalized spacial score (nSPS) is 22.4. The van der Waals surface area contributed by atoms with Crippen LogP contribution >= 0.6 is 0 Å². The van der Waals surface area contributed by atoms with Gasteiger partial charge in [0, 0.05) is 45.7 Å². The van der Waals surface area contributed by atoms with Gasteiger partial charge in [-0.3, -0.25) is 9.79 Å². The third kappa shape index (κ3) is 6.30. The molecule has 1 amide bonds. The van der Waals surface area contributed by atoms with E-state index in [9.17, 15) is 4.79 Å². The van der Waals surface area contributed by atoms with Gasteiger partial charge in [0.15, 0.2) is 5.96 Å². The number of hydrogen-bond donors (Lipinski definition) is 2. The molecule has 0 bridgehead atoms. The van der Waals surface area contributed by atoms with E-state index in [0.29, 0.717) is 11.8 Å².